The molecule has 0 fully saturated rings. The number of nitrogens with one attached hydrogen (secondary N) is 1. The fourth-order valence-electron chi connectivity index (χ4n) is 2.39. The highest BCUT2D eigenvalue weighted by Gasteiger charge is 2.13. The second kappa shape index (κ2) is 6.97. The lowest BCUT2D eigenvalue weighted by atomic mass is 10.1. The van der Waals surface area contributed by atoms with Crippen LogP contribution in [0.5, 0.6) is 0 Å². The monoisotopic (exact) mass is 319 g/mol. The van der Waals surface area contributed by atoms with E-state index in [0.29, 0.717) is 10.6 Å². The van der Waals surface area contributed by atoms with Gasteiger partial charge in [-0.25, -0.2) is 4.68 Å². The van der Waals surface area contributed by atoms with Crippen LogP contribution in [0.1, 0.15) is 48.4 Å². The van der Waals surface area contributed by atoms with Crippen LogP contribution in [0, 0.1) is 13.8 Å². The number of hydrogen-bond donors (Lipinski definition) is 1. The van der Waals surface area contributed by atoms with Gasteiger partial charge in [-0.3, -0.25) is 4.79 Å². The lowest BCUT2D eigenvalue weighted by Gasteiger charge is -2.14. The number of halogens is 1. The van der Waals surface area contributed by atoms with Gasteiger partial charge in [-0.2, -0.15) is 5.10 Å². The van der Waals surface area contributed by atoms with E-state index in [0.717, 1.165) is 29.9 Å². The average molecular weight is 320 g/mol. The summed E-state index contributed by atoms with van der Waals surface area (Å²) in [6, 6.07) is 7.63. The Morgan fingerprint density at radius 3 is 2.27 bits per heavy atom. The molecule has 0 saturated heterocycles. The zero-order valence-electron chi connectivity index (χ0n) is 13.5. The normalized spacial score (nSPS) is 11.0. The van der Waals surface area contributed by atoms with Gasteiger partial charge in [-0.1, -0.05) is 25.4 Å². The van der Waals surface area contributed by atoms with E-state index in [1.807, 2.05) is 38.1 Å². The van der Waals surface area contributed by atoms with Gasteiger partial charge in [0.15, 0.2) is 0 Å². The van der Waals surface area contributed by atoms with Crippen molar-refractivity contribution in [2.75, 3.05) is 0 Å². The predicted octanol–water partition coefficient (Wildman–Crippen LogP) is 4.06. The SMILES string of the molecule is CCC(CC)NC(=O)c1ccc(-n2nc(C)c(Cl)c2C)cc1. The zero-order chi connectivity index (χ0) is 16.3. The van der Waals surface area contributed by atoms with Crippen LogP contribution < -0.4 is 5.32 Å². The van der Waals surface area contributed by atoms with E-state index in [-0.39, 0.29) is 11.9 Å². The first-order valence-electron chi connectivity index (χ1n) is 7.60. The molecule has 1 N–H and O–H groups in total. The summed E-state index contributed by atoms with van der Waals surface area (Å²) in [6.07, 6.45) is 1.87. The van der Waals surface area contributed by atoms with Gasteiger partial charge in [0.1, 0.15) is 0 Å². The third-order valence-corrected chi connectivity index (χ3v) is 4.44. The summed E-state index contributed by atoms with van der Waals surface area (Å²) in [5.74, 6) is -0.0355. The fourth-order valence-corrected chi connectivity index (χ4v) is 2.51. The molecule has 0 radical (unpaired) electrons. The Morgan fingerprint density at radius 1 is 1.23 bits per heavy atom. The van der Waals surface area contributed by atoms with Crippen molar-refractivity contribution >= 4 is 17.5 Å². The molecule has 2 aromatic rings. The van der Waals surface area contributed by atoms with Crippen LogP contribution in [-0.2, 0) is 0 Å². The van der Waals surface area contributed by atoms with Gasteiger partial charge in [0.2, 0.25) is 0 Å². The molecule has 0 unspecified atom stereocenters. The molecule has 0 aliphatic carbocycles. The Morgan fingerprint density at radius 2 is 1.82 bits per heavy atom. The Kier molecular flexibility index (Phi) is 5.24. The van der Waals surface area contributed by atoms with E-state index < -0.39 is 0 Å². The zero-order valence-corrected chi connectivity index (χ0v) is 14.2. The summed E-state index contributed by atoms with van der Waals surface area (Å²) < 4.78 is 1.79. The first-order chi connectivity index (χ1) is 10.5. The molecule has 5 heteroatoms. The van der Waals surface area contributed by atoms with Gasteiger partial charge in [0, 0.05) is 11.6 Å². The number of carbonyl (C=O) groups excluding carboxylic acids is 1. The van der Waals surface area contributed by atoms with Crippen LogP contribution in [0.3, 0.4) is 0 Å². The molecule has 4 nitrogen and oxygen atoms in total. The van der Waals surface area contributed by atoms with Crippen LogP contribution in [0.2, 0.25) is 5.02 Å². The first-order valence-corrected chi connectivity index (χ1v) is 7.98. The largest absolute Gasteiger partial charge is 0.349 e. The smallest absolute Gasteiger partial charge is 0.251 e. The molecule has 0 spiro atoms. The quantitative estimate of drug-likeness (QED) is 0.903. The maximum absolute atomic E-state index is 12.2. The van der Waals surface area contributed by atoms with Gasteiger partial charge in [0.05, 0.1) is 22.1 Å². The number of hydrogen-bond acceptors (Lipinski definition) is 2. The minimum Gasteiger partial charge on any atom is -0.349 e. The third-order valence-electron chi connectivity index (χ3n) is 3.90. The Bertz CT molecular complexity index is 657. The van der Waals surface area contributed by atoms with E-state index in [1.165, 1.54) is 0 Å². The van der Waals surface area contributed by atoms with Crippen molar-refractivity contribution in [2.24, 2.45) is 0 Å². The Labute approximate surface area is 136 Å². The molecule has 22 heavy (non-hydrogen) atoms. The van der Waals surface area contributed by atoms with E-state index in [9.17, 15) is 4.79 Å². The summed E-state index contributed by atoms with van der Waals surface area (Å²) in [6.45, 7) is 7.95. The number of aromatic nitrogens is 2. The number of amides is 1. The predicted molar refractivity (Wildman–Crippen MR) is 89.9 cm³/mol. The lowest BCUT2D eigenvalue weighted by Crippen LogP contribution is -2.33. The first kappa shape index (κ1) is 16.6. The third kappa shape index (κ3) is 3.33. The summed E-state index contributed by atoms with van der Waals surface area (Å²) in [4.78, 5) is 12.2. The van der Waals surface area contributed by atoms with Gasteiger partial charge in [0.25, 0.3) is 5.91 Å². The number of benzene rings is 1. The highest BCUT2D eigenvalue weighted by molar-refractivity contribution is 6.31. The van der Waals surface area contributed by atoms with Crippen molar-refractivity contribution in [3.63, 3.8) is 0 Å². The minimum atomic E-state index is -0.0355. The number of rotatable bonds is 5. The van der Waals surface area contributed by atoms with Crippen molar-refractivity contribution in [3.8, 4) is 5.69 Å². The van der Waals surface area contributed by atoms with Crippen LogP contribution in [-0.4, -0.2) is 21.7 Å². The van der Waals surface area contributed by atoms with E-state index in [1.54, 1.807) is 4.68 Å². The Balaban J connectivity index is 2.20. The number of aryl methyl sites for hydroxylation is 1. The van der Waals surface area contributed by atoms with Crippen LogP contribution in [0.4, 0.5) is 0 Å². The van der Waals surface area contributed by atoms with Crippen LogP contribution in [0.25, 0.3) is 5.69 Å². The number of carbonyl (C=O) groups is 1. The number of nitrogens with zero attached hydrogens (tertiary/aromatic N) is 2. The average Bonchev–Trinajstić information content (AvgIpc) is 2.80. The molecular weight excluding hydrogens is 298 g/mol. The van der Waals surface area contributed by atoms with Crippen molar-refractivity contribution in [1.29, 1.82) is 0 Å². The molecule has 0 aliphatic rings. The summed E-state index contributed by atoms with van der Waals surface area (Å²) in [5, 5.41) is 8.12. The van der Waals surface area contributed by atoms with E-state index >= 15 is 0 Å². The lowest BCUT2D eigenvalue weighted by molar-refractivity contribution is 0.0935. The molecule has 0 atom stereocenters. The summed E-state index contributed by atoms with van der Waals surface area (Å²) in [5.41, 5.74) is 3.25. The topological polar surface area (TPSA) is 46.9 Å². The summed E-state index contributed by atoms with van der Waals surface area (Å²) in [7, 11) is 0. The van der Waals surface area contributed by atoms with Gasteiger partial charge < -0.3 is 5.32 Å². The second-order valence-corrected chi connectivity index (χ2v) is 5.81. The molecule has 1 heterocycles. The minimum absolute atomic E-state index is 0.0355. The second-order valence-electron chi connectivity index (χ2n) is 5.43. The molecule has 2 rings (SSSR count). The van der Waals surface area contributed by atoms with Crippen LogP contribution >= 0.6 is 11.6 Å². The van der Waals surface area contributed by atoms with Crippen LogP contribution in [0.15, 0.2) is 24.3 Å². The highest BCUT2D eigenvalue weighted by Crippen LogP contribution is 2.22. The van der Waals surface area contributed by atoms with Crippen molar-refractivity contribution in [1.82, 2.24) is 15.1 Å². The molecule has 0 aliphatic heterocycles. The van der Waals surface area contributed by atoms with Crippen molar-refractivity contribution < 1.29 is 4.79 Å². The highest BCUT2D eigenvalue weighted by atomic mass is 35.5. The molecule has 1 aromatic carbocycles. The van der Waals surface area contributed by atoms with Crippen molar-refractivity contribution in [3.05, 3.63) is 46.2 Å². The maximum atomic E-state index is 12.2. The standard InChI is InChI=1S/C17H22ClN3O/c1-5-14(6-2)19-17(22)13-7-9-15(10-8-13)21-12(4)16(18)11(3)20-21/h7-10,14H,5-6H2,1-4H3,(H,19,22). The molecule has 0 bridgehead atoms. The van der Waals surface area contributed by atoms with Gasteiger partial charge in [-0.15, -0.1) is 0 Å². The molecule has 1 amide bonds. The maximum Gasteiger partial charge on any atom is 0.251 e. The molecule has 1 aromatic heterocycles. The fraction of sp³-hybridized carbons (Fsp3) is 0.412. The summed E-state index contributed by atoms with van der Waals surface area (Å²) >= 11 is 6.17. The van der Waals surface area contributed by atoms with Gasteiger partial charge >= 0.3 is 0 Å². The molecule has 118 valence electrons. The molecule has 0 saturated carbocycles. The Hall–Kier alpha value is -1.81. The van der Waals surface area contributed by atoms with Gasteiger partial charge in [-0.05, 0) is 51.0 Å². The van der Waals surface area contributed by atoms with E-state index in [2.05, 4.69) is 24.3 Å². The van der Waals surface area contributed by atoms with Crippen molar-refractivity contribution in [2.45, 2.75) is 46.6 Å². The van der Waals surface area contributed by atoms with E-state index in [4.69, 9.17) is 11.6 Å². The molecular formula is C17H22ClN3O.